The van der Waals surface area contributed by atoms with Gasteiger partial charge in [-0.15, -0.1) is 0 Å². The molecule has 1 fully saturated rings. The summed E-state index contributed by atoms with van der Waals surface area (Å²) in [6.07, 6.45) is 3.73. The first-order valence-corrected chi connectivity index (χ1v) is 6.35. The predicted molar refractivity (Wildman–Crippen MR) is 67.5 cm³/mol. The fourth-order valence-corrected chi connectivity index (χ4v) is 2.24. The van der Waals surface area contributed by atoms with Crippen LogP contribution in [0.25, 0.3) is 0 Å². The number of aromatic nitrogens is 1. The van der Waals surface area contributed by atoms with Crippen molar-refractivity contribution < 1.29 is 4.39 Å². The van der Waals surface area contributed by atoms with Crippen LogP contribution in [0.15, 0.2) is 18.3 Å². The van der Waals surface area contributed by atoms with Gasteiger partial charge < -0.3 is 10.2 Å². The second-order valence-electron chi connectivity index (χ2n) is 4.62. The van der Waals surface area contributed by atoms with E-state index in [2.05, 4.69) is 22.1 Å². The molecule has 2 rings (SSSR count). The van der Waals surface area contributed by atoms with Crippen LogP contribution in [0, 0.1) is 11.7 Å². The van der Waals surface area contributed by atoms with Crippen molar-refractivity contribution in [2.75, 3.05) is 31.5 Å². The molecular weight excluding hydrogens is 217 g/mol. The second kappa shape index (κ2) is 5.96. The van der Waals surface area contributed by atoms with Crippen LogP contribution in [0.5, 0.6) is 0 Å². The second-order valence-corrected chi connectivity index (χ2v) is 4.62. The van der Waals surface area contributed by atoms with Crippen LogP contribution in [-0.4, -0.2) is 36.1 Å². The van der Waals surface area contributed by atoms with E-state index in [1.165, 1.54) is 38.2 Å². The molecule has 3 nitrogen and oxygen atoms in total. The molecule has 1 aliphatic heterocycles. The summed E-state index contributed by atoms with van der Waals surface area (Å²) in [5, 5.41) is 3.28. The molecule has 0 radical (unpaired) electrons. The number of nitrogens with one attached hydrogen (secondary N) is 1. The van der Waals surface area contributed by atoms with E-state index in [-0.39, 0.29) is 5.82 Å². The summed E-state index contributed by atoms with van der Waals surface area (Å²) in [5.41, 5.74) is 0. The Morgan fingerprint density at radius 2 is 2.18 bits per heavy atom. The molecule has 0 atom stereocenters. The van der Waals surface area contributed by atoms with Crippen molar-refractivity contribution in [3.05, 3.63) is 24.1 Å². The molecule has 1 aromatic heterocycles. The monoisotopic (exact) mass is 237 g/mol. The Labute approximate surface area is 102 Å². The molecular formula is C13H20FN3. The summed E-state index contributed by atoms with van der Waals surface area (Å²) in [5.74, 6) is 1.20. The predicted octanol–water partition coefficient (Wildman–Crippen LogP) is 2.36. The quantitative estimate of drug-likeness (QED) is 0.871. The lowest BCUT2D eigenvalue weighted by molar-refractivity contribution is 0.198. The first-order chi connectivity index (χ1) is 8.28. The Kier molecular flexibility index (Phi) is 4.31. The number of piperidine rings is 1. The third-order valence-corrected chi connectivity index (χ3v) is 3.45. The number of hydrogen-bond acceptors (Lipinski definition) is 3. The Balaban J connectivity index is 1.74. The van der Waals surface area contributed by atoms with Gasteiger partial charge in [-0.1, -0.05) is 6.92 Å². The molecule has 0 saturated carbocycles. The van der Waals surface area contributed by atoms with Gasteiger partial charge in [0, 0.05) is 6.54 Å². The van der Waals surface area contributed by atoms with Gasteiger partial charge in [-0.2, -0.15) is 0 Å². The molecule has 0 unspecified atom stereocenters. The standard InChI is InChI=1S/C13H20FN3/c1-2-17-7-5-11(6-8-17)9-15-13-4-3-12(14)10-16-13/h3-4,10-11H,2,5-9H2,1H3,(H,15,16). The van der Waals surface area contributed by atoms with Crippen LogP contribution in [-0.2, 0) is 0 Å². The van der Waals surface area contributed by atoms with Crippen LogP contribution >= 0.6 is 0 Å². The zero-order valence-electron chi connectivity index (χ0n) is 10.3. The molecule has 1 N–H and O–H groups in total. The Morgan fingerprint density at radius 3 is 2.76 bits per heavy atom. The zero-order chi connectivity index (χ0) is 12.1. The van der Waals surface area contributed by atoms with E-state index in [0.717, 1.165) is 18.9 Å². The number of likely N-dealkylation sites (tertiary alicyclic amines) is 1. The highest BCUT2D eigenvalue weighted by Crippen LogP contribution is 2.17. The summed E-state index contributed by atoms with van der Waals surface area (Å²) in [6.45, 7) is 6.69. The minimum Gasteiger partial charge on any atom is -0.370 e. The third kappa shape index (κ3) is 3.66. The van der Waals surface area contributed by atoms with Crippen molar-refractivity contribution in [1.29, 1.82) is 0 Å². The smallest absolute Gasteiger partial charge is 0.141 e. The van der Waals surface area contributed by atoms with E-state index in [0.29, 0.717) is 5.92 Å². The highest BCUT2D eigenvalue weighted by atomic mass is 19.1. The molecule has 0 aromatic carbocycles. The molecule has 17 heavy (non-hydrogen) atoms. The Bertz CT molecular complexity index is 331. The number of halogens is 1. The maximum atomic E-state index is 12.7. The minimum absolute atomic E-state index is 0.285. The lowest BCUT2D eigenvalue weighted by atomic mass is 9.97. The van der Waals surface area contributed by atoms with Gasteiger partial charge in [0.15, 0.2) is 0 Å². The Hall–Kier alpha value is -1.16. The highest BCUT2D eigenvalue weighted by Gasteiger charge is 2.17. The maximum absolute atomic E-state index is 12.7. The topological polar surface area (TPSA) is 28.2 Å². The van der Waals surface area contributed by atoms with Gasteiger partial charge in [0.2, 0.25) is 0 Å². The first kappa shape index (κ1) is 12.3. The zero-order valence-corrected chi connectivity index (χ0v) is 10.3. The van der Waals surface area contributed by atoms with E-state index in [4.69, 9.17) is 0 Å². The van der Waals surface area contributed by atoms with E-state index in [9.17, 15) is 4.39 Å². The van der Waals surface area contributed by atoms with Gasteiger partial charge in [0.05, 0.1) is 6.20 Å². The van der Waals surface area contributed by atoms with Gasteiger partial charge in [0.1, 0.15) is 11.6 Å². The van der Waals surface area contributed by atoms with Crippen LogP contribution in [0.3, 0.4) is 0 Å². The van der Waals surface area contributed by atoms with Crippen LogP contribution in [0.4, 0.5) is 10.2 Å². The number of nitrogens with zero attached hydrogens (tertiary/aromatic N) is 2. The number of hydrogen-bond donors (Lipinski definition) is 1. The normalized spacial score (nSPS) is 18.2. The van der Waals surface area contributed by atoms with Gasteiger partial charge in [-0.25, -0.2) is 9.37 Å². The minimum atomic E-state index is -0.285. The first-order valence-electron chi connectivity index (χ1n) is 6.35. The largest absolute Gasteiger partial charge is 0.370 e. The summed E-state index contributed by atoms with van der Waals surface area (Å²) in [6, 6.07) is 3.13. The van der Waals surface area contributed by atoms with Crippen LogP contribution < -0.4 is 5.32 Å². The molecule has 0 aliphatic carbocycles. The molecule has 1 saturated heterocycles. The van der Waals surface area contributed by atoms with Crippen molar-refractivity contribution in [1.82, 2.24) is 9.88 Å². The molecule has 2 heterocycles. The van der Waals surface area contributed by atoms with E-state index >= 15 is 0 Å². The lowest BCUT2D eigenvalue weighted by Crippen LogP contribution is -2.35. The van der Waals surface area contributed by atoms with E-state index in [1.54, 1.807) is 6.07 Å². The van der Waals surface area contributed by atoms with Gasteiger partial charge in [-0.05, 0) is 50.5 Å². The summed E-state index contributed by atoms with van der Waals surface area (Å²) < 4.78 is 12.7. The summed E-state index contributed by atoms with van der Waals surface area (Å²) in [4.78, 5) is 6.48. The van der Waals surface area contributed by atoms with Crippen molar-refractivity contribution in [3.8, 4) is 0 Å². The van der Waals surface area contributed by atoms with Crippen molar-refractivity contribution in [2.24, 2.45) is 5.92 Å². The molecule has 1 aromatic rings. The average molecular weight is 237 g/mol. The molecule has 4 heteroatoms. The fraction of sp³-hybridized carbons (Fsp3) is 0.615. The van der Waals surface area contributed by atoms with Crippen molar-refractivity contribution in [2.45, 2.75) is 19.8 Å². The van der Waals surface area contributed by atoms with E-state index < -0.39 is 0 Å². The number of pyridine rings is 1. The molecule has 0 amide bonds. The van der Waals surface area contributed by atoms with Crippen molar-refractivity contribution in [3.63, 3.8) is 0 Å². The fourth-order valence-electron chi connectivity index (χ4n) is 2.24. The van der Waals surface area contributed by atoms with Gasteiger partial charge in [0.25, 0.3) is 0 Å². The van der Waals surface area contributed by atoms with Crippen LogP contribution in [0.2, 0.25) is 0 Å². The van der Waals surface area contributed by atoms with Gasteiger partial charge in [-0.3, -0.25) is 0 Å². The molecule has 0 bridgehead atoms. The summed E-state index contributed by atoms with van der Waals surface area (Å²) >= 11 is 0. The average Bonchev–Trinajstić information content (AvgIpc) is 2.39. The number of anilines is 1. The SMILES string of the molecule is CCN1CCC(CNc2ccc(F)cn2)CC1. The summed E-state index contributed by atoms with van der Waals surface area (Å²) in [7, 11) is 0. The van der Waals surface area contributed by atoms with Crippen LogP contribution in [0.1, 0.15) is 19.8 Å². The van der Waals surface area contributed by atoms with Crippen molar-refractivity contribution >= 4 is 5.82 Å². The third-order valence-electron chi connectivity index (χ3n) is 3.45. The van der Waals surface area contributed by atoms with E-state index in [1.807, 2.05) is 0 Å². The Morgan fingerprint density at radius 1 is 1.41 bits per heavy atom. The lowest BCUT2D eigenvalue weighted by Gasteiger charge is -2.31. The maximum Gasteiger partial charge on any atom is 0.141 e. The highest BCUT2D eigenvalue weighted by molar-refractivity contribution is 5.33. The molecule has 0 spiro atoms. The molecule has 1 aliphatic rings. The molecule has 94 valence electrons. The number of rotatable bonds is 4. The van der Waals surface area contributed by atoms with Gasteiger partial charge >= 0.3 is 0 Å².